The minimum atomic E-state index is -0.936. The van der Waals surface area contributed by atoms with Crippen LogP contribution in [0.1, 0.15) is 15.9 Å². The SMILES string of the molecule is CN(C)Cc1cccc(Nc2nccc(-c3c(-c4cccc(NC(=O)c5c(F)cccc5F)c4)nc4ccccn34)n2)c1. The summed E-state index contributed by atoms with van der Waals surface area (Å²) >= 11 is 0. The molecular weight excluding hydrogens is 548 g/mol. The zero-order valence-electron chi connectivity index (χ0n) is 23.4. The number of anilines is 3. The smallest absolute Gasteiger partial charge is 0.261 e. The molecule has 0 unspecified atom stereocenters. The number of carbonyl (C=O) groups is 1. The highest BCUT2D eigenvalue weighted by atomic mass is 19.1. The predicted molar refractivity (Wildman–Crippen MR) is 163 cm³/mol. The first-order chi connectivity index (χ1) is 20.9. The Labute approximate surface area is 246 Å². The van der Waals surface area contributed by atoms with E-state index in [-0.39, 0.29) is 0 Å². The highest BCUT2D eigenvalue weighted by molar-refractivity contribution is 6.05. The Kier molecular flexibility index (Phi) is 7.59. The number of benzene rings is 3. The lowest BCUT2D eigenvalue weighted by Crippen LogP contribution is -2.15. The molecule has 0 bridgehead atoms. The van der Waals surface area contributed by atoms with Crippen LogP contribution in [-0.2, 0) is 6.54 Å². The summed E-state index contributed by atoms with van der Waals surface area (Å²) in [5.41, 5.74) is 5.05. The Bertz CT molecular complexity index is 1930. The van der Waals surface area contributed by atoms with Gasteiger partial charge in [0.15, 0.2) is 0 Å². The van der Waals surface area contributed by atoms with E-state index in [4.69, 9.17) is 9.97 Å². The molecule has 43 heavy (non-hydrogen) atoms. The topological polar surface area (TPSA) is 87.5 Å². The number of nitrogens with one attached hydrogen (secondary N) is 2. The fraction of sp³-hybridized carbons (Fsp3) is 0.0909. The fourth-order valence-corrected chi connectivity index (χ4v) is 4.89. The van der Waals surface area contributed by atoms with Gasteiger partial charge in [0.1, 0.15) is 22.8 Å². The molecule has 6 rings (SSSR count). The van der Waals surface area contributed by atoms with E-state index in [0.717, 1.165) is 29.9 Å². The van der Waals surface area contributed by atoms with Gasteiger partial charge in [-0.2, -0.15) is 0 Å². The standard InChI is InChI=1S/C33H27F2N7O/c1-41(2)20-21-8-5-10-23(18-21)38-33-36-16-15-27(39-33)31-30(40-28-14-3-4-17-42(28)31)22-9-6-11-24(19-22)37-32(43)29-25(34)12-7-13-26(29)35/h3-19H,20H2,1-2H3,(H,37,43)(H,36,38,39). The van der Waals surface area contributed by atoms with Crippen LogP contribution in [0.3, 0.4) is 0 Å². The van der Waals surface area contributed by atoms with Gasteiger partial charge in [-0.05, 0) is 74.3 Å². The van der Waals surface area contributed by atoms with Crippen molar-refractivity contribution >= 4 is 28.9 Å². The van der Waals surface area contributed by atoms with Crippen LogP contribution in [0.4, 0.5) is 26.1 Å². The molecule has 214 valence electrons. The van der Waals surface area contributed by atoms with Crippen LogP contribution in [-0.4, -0.2) is 44.3 Å². The summed E-state index contributed by atoms with van der Waals surface area (Å²) in [4.78, 5) is 29.0. The molecule has 0 atom stereocenters. The van der Waals surface area contributed by atoms with E-state index in [0.29, 0.717) is 39.9 Å². The van der Waals surface area contributed by atoms with Crippen molar-refractivity contribution in [3.63, 3.8) is 0 Å². The van der Waals surface area contributed by atoms with Crippen LogP contribution in [0, 0.1) is 11.6 Å². The number of amides is 1. The number of halogens is 2. The van der Waals surface area contributed by atoms with Crippen LogP contribution < -0.4 is 10.6 Å². The van der Waals surface area contributed by atoms with Crippen molar-refractivity contribution in [1.29, 1.82) is 0 Å². The van der Waals surface area contributed by atoms with E-state index >= 15 is 0 Å². The fourth-order valence-electron chi connectivity index (χ4n) is 4.89. The van der Waals surface area contributed by atoms with Gasteiger partial charge in [0.2, 0.25) is 5.95 Å². The lowest BCUT2D eigenvalue weighted by molar-refractivity contribution is 0.101. The third kappa shape index (κ3) is 5.95. The molecule has 8 nitrogen and oxygen atoms in total. The van der Waals surface area contributed by atoms with Crippen molar-refractivity contribution in [2.24, 2.45) is 0 Å². The second-order valence-corrected chi connectivity index (χ2v) is 10.2. The molecule has 3 heterocycles. The van der Waals surface area contributed by atoms with E-state index < -0.39 is 23.1 Å². The molecule has 0 aliphatic carbocycles. The molecule has 2 N–H and O–H groups in total. The number of rotatable bonds is 8. The van der Waals surface area contributed by atoms with Gasteiger partial charge in [0.05, 0.1) is 17.1 Å². The summed E-state index contributed by atoms with van der Waals surface area (Å²) in [6.07, 6.45) is 3.58. The molecular formula is C33H27F2N7O. The molecule has 0 saturated carbocycles. The minimum Gasteiger partial charge on any atom is -0.324 e. The Morgan fingerprint density at radius 2 is 1.63 bits per heavy atom. The number of imidazole rings is 1. The van der Waals surface area contributed by atoms with E-state index in [9.17, 15) is 13.6 Å². The number of pyridine rings is 1. The van der Waals surface area contributed by atoms with Crippen molar-refractivity contribution in [1.82, 2.24) is 24.3 Å². The molecule has 0 aliphatic rings. The summed E-state index contributed by atoms with van der Waals surface area (Å²) in [6.45, 7) is 0.802. The highest BCUT2D eigenvalue weighted by Crippen LogP contribution is 2.33. The quantitative estimate of drug-likeness (QED) is 0.208. The maximum Gasteiger partial charge on any atom is 0.261 e. The lowest BCUT2D eigenvalue weighted by Gasteiger charge is -2.12. The van der Waals surface area contributed by atoms with E-state index in [1.807, 2.05) is 61.1 Å². The Balaban J connectivity index is 1.36. The first-order valence-electron chi connectivity index (χ1n) is 13.5. The van der Waals surface area contributed by atoms with E-state index in [1.54, 1.807) is 30.5 Å². The summed E-state index contributed by atoms with van der Waals surface area (Å²) in [5, 5.41) is 5.91. The largest absolute Gasteiger partial charge is 0.324 e. The Hall–Kier alpha value is -5.48. The molecule has 3 aromatic heterocycles. The zero-order valence-corrected chi connectivity index (χ0v) is 23.4. The second-order valence-electron chi connectivity index (χ2n) is 10.2. The van der Waals surface area contributed by atoms with Crippen molar-refractivity contribution in [2.75, 3.05) is 24.7 Å². The summed E-state index contributed by atoms with van der Waals surface area (Å²) < 4.78 is 30.4. The summed E-state index contributed by atoms with van der Waals surface area (Å²) in [6, 6.07) is 25.8. The van der Waals surface area contributed by atoms with Crippen molar-refractivity contribution in [2.45, 2.75) is 6.54 Å². The summed E-state index contributed by atoms with van der Waals surface area (Å²) in [7, 11) is 4.04. The third-order valence-electron chi connectivity index (χ3n) is 6.69. The van der Waals surface area contributed by atoms with Crippen LogP contribution in [0.2, 0.25) is 0 Å². The van der Waals surface area contributed by atoms with Crippen LogP contribution in [0.5, 0.6) is 0 Å². The Morgan fingerprint density at radius 1 is 0.860 bits per heavy atom. The molecule has 0 fully saturated rings. The zero-order chi connectivity index (χ0) is 29.9. The first kappa shape index (κ1) is 27.7. The molecule has 0 saturated heterocycles. The minimum absolute atomic E-state index is 0.357. The molecule has 3 aromatic carbocycles. The number of nitrogens with zero attached hydrogens (tertiary/aromatic N) is 5. The average molecular weight is 576 g/mol. The Morgan fingerprint density at radius 3 is 2.44 bits per heavy atom. The van der Waals surface area contributed by atoms with E-state index in [1.165, 1.54) is 6.07 Å². The predicted octanol–water partition coefficient (Wildman–Crippen LogP) is 6.79. The second kappa shape index (κ2) is 11.8. The molecule has 10 heteroatoms. The van der Waals surface area contributed by atoms with Crippen molar-refractivity contribution in [3.8, 4) is 22.6 Å². The maximum absolute atomic E-state index is 14.2. The normalized spacial score (nSPS) is 11.2. The van der Waals surface area contributed by atoms with Gasteiger partial charge in [-0.1, -0.05) is 36.4 Å². The van der Waals surface area contributed by atoms with Gasteiger partial charge in [0.25, 0.3) is 5.91 Å². The van der Waals surface area contributed by atoms with Crippen LogP contribution in [0.25, 0.3) is 28.3 Å². The third-order valence-corrected chi connectivity index (χ3v) is 6.69. The molecule has 6 aromatic rings. The monoisotopic (exact) mass is 575 g/mol. The van der Waals surface area contributed by atoms with Crippen LogP contribution in [0.15, 0.2) is 103 Å². The van der Waals surface area contributed by atoms with Gasteiger partial charge >= 0.3 is 0 Å². The number of hydrogen-bond donors (Lipinski definition) is 2. The van der Waals surface area contributed by atoms with Gasteiger partial charge in [-0.15, -0.1) is 0 Å². The average Bonchev–Trinajstić information content (AvgIpc) is 3.37. The van der Waals surface area contributed by atoms with Crippen molar-refractivity contribution < 1.29 is 13.6 Å². The number of carbonyl (C=O) groups excluding carboxylic acids is 1. The maximum atomic E-state index is 14.2. The molecule has 0 spiro atoms. The molecule has 0 aliphatic heterocycles. The number of hydrogen-bond acceptors (Lipinski definition) is 6. The first-order valence-corrected chi connectivity index (χ1v) is 13.5. The van der Waals surface area contributed by atoms with E-state index in [2.05, 4.69) is 32.7 Å². The van der Waals surface area contributed by atoms with Gasteiger partial charge in [0, 0.05) is 35.9 Å². The molecule has 0 radical (unpaired) electrons. The molecule has 1 amide bonds. The van der Waals surface area contributed by atoms with Gasteiger partial charge < -0.3 is 15.5 Å². The summed E-state index contributed by atoms with van der Waals surface area (Å²) in [5.74, 6) is -2.34. The number of aromatic nitrogens is 4. The van der Waals surface area contributed by atoms with Gasteiger partial charge in [-0.3, -0.25) is 9.20 Å². The number of fused-ring (bicyclic) bond motifs is 1. The lowest BCUT2D eigenvalue weighted by atomic mass is 10.1. The highest BCUT2D eigenvalue weighted by Gasteiger charge is 2.20. The van der Waals surface area contributed by atoms with Gasteiger partial charge in [-0.25, -0.2) is 23.7 Å². The van der Waals surface area contributed by atoms with Crippen LogP contribution >= 0.6 is 0 Å². The van der Waals surface area contributed by atoms with Crippen molar-refractivity contribution in [3.05, 3.63) is 126 Å².